The van der Waals surface area contributed by atoms with E-state index in [1.54, 1.807) is 0 Å². The SMILES string of the molecule is Cc1ccc(/C=C2/CCc3c2nc2ccccc2c3C(=O)OCC(N)=O)cc1. The van der Waals surface area contributed by atoms with E-state index >= 15 is 0 Å². The van der Waals surface area contributed by atoms with Crippen LogP contribution in [0.15, 0.2) is 48.5 Å². The first-order valence-electron chi connectivity index (χ1n) is 9.17. The normalized spacial score (nSPS) is 14.2. The number of hydrogen-bond donors (Lipinski definition) is 1. The van der Waals surface area contributed by atoms with Gasteiger partial charge >= 0.3 is 5.97 Å². The summed E-state index contributed by atoms with van der Waals surface area (Å²) in [6, 6.07) is 15.8. The molecule has 1 amide bonds. The summed E-state index contributed by atoms with van der Waals surface area (Å²) in [6.07, 6.45) is 3.61. The van der Waals surface area contributed by atoms with Crippen LogP contribution in [0.25, 0.3) is 22.6 Å². The van der Waals surface area contributed by atoms with Gasteiger partial charge in [-0.3, -0.25) is 4.79 Å². The number of pyridine rings is 1. The molecule has 0 saturated heterocycles. The minimum Gasteiger partial charge on any atom is -0.452 e. The molecule has 1 aliphatic carbocycles. The average molecular weight is 372 g/mol. The van der Waals surface area contributed by atoms with Crippen molar-refractivity contribution >= 4 is 34.4 Å². The summed E-state index contributed by atoms with van der Waals surface area (Å²) < 4.78 is 5.13. The van der Waals surface area contributed by atoms with E-state index in [0.29, 0.717) is 12.0 Å². The maximum Gasteiger partial charge on any atom is 0.339 e. The van der Waals surface area contributed by atoms with Crippen molar-refractivity contribution in [2.24, 2.45) is 5.73 Å². The van der Waals surface area contributed by atoms with Gasteiger partial charge in [0.05, 0.1) is 16.8 Å². The van der Waals surface area contributed by atoms with Gasteiger partial charge in [0.1, 0.15) is 0 Å². The smallest absolute Gasteiger partial charge is 0.339 e. The number of esters is 1. The van der Waals surface area contributed by atoms with Crippen molar-refractivity contribution in [3.63, 3.8) is 0 Å². The van der Waals surface area contributed by atoms with Gasteiger partial charge in [0.2, 0.25) is 0 Å². The van der Waals surface area contributed by atoms with Crippen molar-refractivity contribution in [1.82, 2.24) is 4.98 Å². The molecule has 0 spiro atoms. The monoisotopic (exact) mass is 372 g/mol. The number of aromatic nitrogens is 1. The Balaban J connectivity index is 1.83. The second-order valence-corrected chi connectivity index (χ2v) is 6.95. The summed E-state index contributed by atoms with van der Waals surface area (Å²) in [7, 11) is 0. The van der Waals surface area contributed by atoms with Crippen LogP contribution in [0.3, 0.4) is 0 Å². The van der Waals surface area contributed by atoms with Crippen LogP contribution in [0.4, 0.5) is 0 Å². The number of para-hydroxylation sites is 1. The summed E-state index contributed by atoms with van der Waals surface area (Å²) in [6.45, 7) is 1.62. The quantitative estimate of drug-likeness (QED) is 0.709. The summed E-state index contributed by atoms with van der Waals surface area (Å²) in [5.41, 5.74) is 11.4. The number of nitrogens with zero attached hydrogens (tertiary/aromatic N) is 1. The van der Waals surface area contributed by atoms with E-state index in [4.69, 9.17) is 15.5 Å². The highest BCUT2D eigenvalue weighted by atomic mass is 16.5. The van der Waals surface area contributed by atoms with Gasteiger partial charge in [0.15, 0.2) is 6.61 Å². The molecule has 140 valence electrons. The number of allylic oxidation sites excluding steroid dienone is 1. The average Bonchev–Trinajstić information content (AvgIpc) is 3.08. The van der Waals surface area contributed by atoms with Crippen LogP contribution in [0.1, 0.15) is 39.2 Å². The maximum atomic E-state index is 12.7. The number of hydrogen-bond acceptors (Lipinski definition) is 4. The Hall–Kier alpha value is -3.47. The minimum atomic E-state index is -0.677. The van der Waals surface area contributed by atoms with E-state index in [2.05, 4.69) is 37.3 Å². The molecule has 0 fully saturated rings. The van der Waals surface area contributed by atoms with Gasteiger partial charge in [0, 0.05) is 5.39 Å². The molecule has 28 heavy (non-hydrogen) atoms. The number of aryl methyl sites for hydroxylation is 1. The zero-order valence-corrected chi connectivity index (χ0v) is 15.6. The largest absolute Gasteiger partial charge is 0.452 e. The van der Waals surface area contributed by atoms with Crippen molar-refractivity contribution in [1.29, 1.82) is 0 Å². The third-order valence-electron chi connectivity index (χ3n) is 4.91. The van der Waals surface area contributed by atoms with Crippen LogP contribution in [-0.2, 0) is 16.0 Å². The molecule has 0 aliphatic heterocycles. The van der Waals surface area contributed by atoms with Gasteiger partial charge < -0.3 is 10.5 Å². The van der Waals surface area contributed by atoms with E-state index in [0.717, 1.165) is 39.7 Å². The van der Waals surface area contributed by atoms with Gasteiger partial charge in [-0.1, -0.05) is 48.0 Å². The molecule has 0 saturated carbocycles. The predicted octanol–water partition coefficient (Wildman–Crippen LogP) is 3.67. The molecule has 5 heteroatoms. The molecule has 5 nitrogen and oxygen atoms in total. The number of fused-ring (bicyclic) bond motifs is 2. The molecule has 1 heterocycles. The number of carbonyl (C=O) groups excluding carboxylic acids is 2. The molecule has 1 aliphatic rings. The number of rotatable bonds is 4. The predicted molar refractivity (Wildman–Crippen MR) is 109 cm³/mol. The third-order valence-corrected chi connectivity index (χ3v) is 4.91. The molecule has 4 rings (SSSR count). The fourth-order valence-electron chi connectivity index (χ4n) is 3.58. The van der Waals surface area contributed by atoms with Crippen LogP contribution in [0.5, 0.6) is 0 Å². The summed E-state index contributed by atoms with van der Waals surface area (Å²) in [4.78, 5) is 28.6. The lowest BCUT2D eigenvalue weighted by Gasteiger charge is -2.11. The van der Waals surface area contributed by atoms with Crippen molar-refractivity contribution in [3.05, 3.63) is 76.5 Å². The lowest BCUT2D eigenvalue weighted by Crippen LogP contribution is -2.21. The Morgan fingerprint density at radius 1 is 1.11 bits per heavy atom. The highest BCUT2D eigenvalue weighted by molar-refractivity contribution is 6.07. The summed E-state index contributed by atoms with van der Waals surface area (Å²) in [5, 5.41) is 0.729. The van der Waals surface area contributed by atoms with Crippen LogP contribution >= 0.6 is 0 Å². The van der Waals surface area contributed by atoms with Crippen LogP contribution < -0.4 is 5.73 Å². The van der Waals surface area contributed by atoms with E-state index in [-0.39, 0.29) is 0 Å². The van der Waals surface area contributed by atoms with E-state index in [9.17, 15) is 9.59 Å². The van der Waals surface area contributed by atoms with Gasteiger partial charge in [-0.2, -0.15) is 0 Å². The Morgan fingerprint density at radius 3 is 2.61 bits per heavy atom. The standard InChI is InChI=1S/C23H20N2O3/c1-14-6-8-15(9-7-14)12-16-10-11-18-21(23(27)28-13-20(24)26)17-4-2-3-5-19(17)25-22(16)18/h2-9,12H,10-11,13H2,1H3,(H2,24,26)/b16-12-. The number of ether oxygens (including phenoxy) is 1. The molecule has 0 bridgehead atoms. The van der Waals surface area contributed by atoms with Crippen LogP contribution in [0, 0.1) is 6.92 Å². The van der Waals surface area contributed by atoms with Crippen LogP contribution in [0.2, 0.25) is 0 Å². The van der Waals surface area contributed by atoms with Gasteiger partial charge in [-0.25, -0.2) is 9.78 Å². The number of nitrogens with two attached hydrogens (primary N) is 1. The molecule has 3 aromatic rings. The molecule has 1 aromatic heterocycles. The van der Waals surface area contributed by atoms with Gasteiger partial charge in [-0.05, 0) is 48.6 Å². The van der Waals surface area contributed by atoms with Gasteiger partial charge in [0.25, 0.3) is 5.91 Å². The number of benzene rings is 2. The van der Waals surface area contributed by atoms with Crippen molar-refractivity contribution in [3.8, 4) is 0 Å². The number of carbonyl (C=O) groups is 2. The lowest BCUT2D eigenvalue weighted by molar-refractivity contribution is -0.121. The molecular weight excluding hydrogens is 352 g/mol. The first kappa shape index (κ1) is 17.9. The summed E-state index contributed by atoms with van der Waals surface area (Å²) >= 11 is 0. The second-order valence-electron chi connectivity index (χ2n) is 6.95. The highest BCUT2D eigenvalue weighted by Gasteiger charge is 2.27. The summed E-state index contributed by atoms with van der Waals surface area (Å²) in [5.74, 6) is -1.21. The Bertz CT molecular complexity index is 1110. The first-order valence-corrected chi connectivity index (χ1v) is 9.17. The molecule has 2 aromatic carbocycles. The fraction of sp³-hybridized carbons (Fsp3) is 0.174. The zero-order valence-electron chi connectivity index (χ0n) is 15.6. The Labute approximate surface area is 162 Å². The molecular formula is C23H20N2O3. The van der Waals surface area contributed by atoms with E-state index in [1.807, 2.05) is 24.3 Å². The van der Waals surface area contributed by atoms with Crippen molar-refractivity contribution in [2.45, 2.75) is 19.8 Å². The molecule has 0 unspecified atom stereocenters. The lowest BCUT2D eigenvalue weighted by atomic mass is 10.0. The molecule has 2 N–H and O–H groups in total. The molecule has 0 radical (unpaired) electrons. The fourth-order valence-corrected chi connectivity index (χ4v) is 3.58. The number of primary amides is 1. The topological polar surface area (TPSA) is 82.3 Å². The zero-order chi connectivity index (χ0) is 19.7. The highest BCUT2D eigenvalue weighted by Crippen LogP contribution is 2.37. The van der Waals surface area contributed by atoms with Crippen molar-refractivity contribution in [2.75, 3.05) is 6.61 Å². The van der Waals surface area contributed by atoms with Gasteiger partial charge in [-0.15, -0.1) is 0 Å². The van der Waals surface area contributed by atoms with Crippen molar-refractivity contribution < 1.29 is 14.3 Å². The van der Waals surface area contributed by atoms with E-state index in [1.165, 1.54) is 5.56 Å². The Kier molecular flexibility index (Phi) is 4.65. The van der Waals surface area contributed by atoms with E-state index < -0.39 is 18.5 Å². The number of amides is 1. The maximum absolute atomic E-state index is 12.7. The minimum absolute atomic E-state index is 0.434. The third kappa shape index (κ3) is 3.39. The molecule has 0 atom stereocenters. The Morgan fingerprint density at radius 2 is 1.86 bits per heavy atom. The first-order chi connectivity index (χ1) is 13.5. The second kappa shape index (κ2) is 7.27. The van der Waals surface area contributed by atoms with Crippen LogP contribution in [-0.4, -0.2) is 23.5 Å².